The number of hydrogen-bond acceptors (Lipinski definition) is 2. The third-order valence-corrected chi connectivity index (χ3v) is 4.86. The van der Waals surface area contributed by atoms with Crippen LogP contribution < -0.4 is 5.32 Å². The molecule has 21 heavy (non-hydrogen) atoms. The molecule has 110 valence electrons. The molecule has 2 aliphatic carbocycles. The van der Waals surface area contributed by atoms with Gasteiger partial charge in [-0.25, -0.2) is 4.39 Å². The maximum atomic E-state index is 12.9. The van der Waals surface area contributed by atoms with Gasteiger partial charge in [0.25, 0.3) is 5.91 Å². The highest BCUT2D eigenvalue weighted by atomic mass is 19.1. The number of Topliss-reactive ketones (excluding diaryl/α,β-unsaturated/α-hetero) is 1. The van der Waals surface area contributed by atoms with E-state index < -0.39 is 0 Å². The number of carbonyl (C=O) groups is 2. The number of fused-ring (bicyclic) bond motifs is 1. The van der Waals surface area contributed by atoms with E-state index >= 15 is 0 Å². The van der Waals surface area contributed by atoms with Crippen LogP contribution in [-0.4, -0.2) is 11.7 Å². The summed E-state index contributed by atoms with van der Waals surface area (Å²) < 4.78 is 12.9. The van der Waals surface area contributed by atoms with Crippen LogP contribution in [0.15, 0.2) is 35.5 Å². The van der Waals surface area contributed by atoms with Crippen LogP contribution in [0.2, 0.25) is 0 Å². The Morgan fingerprint density at radius 3 is 2.43 bits per heavy atom. The first-order chi connectivity index (χ1) is 9.82. The first kappa shape index (κ1) is 14.0. The fraction of sp³-hybridized carbons (Fsp3) is 0.412. The summed E-state index contributed by atoms with van der Waals surface area (Å²) >= 11 is 0. The molecule has 3 rings (SSSR count). The van der Waals surface area contributed by atoms with Crippen LogP contribution in [-0.2, 0) is 4.79 Å². The van der Waals surface area contributed by atoms with Gasteiger partial charge in [-0.3, -0.25) is 9.59 Å². The molecule has 0 spiro atoms. The Morgan fingerprint density at radius 1 is 1.24 bits per heavy atom. The van der Waals surface area contributed by atoms with Crippen LogP contribution >= 0.6 is 0 Å². The van der Waals surface area contributed by atoms with Gasteiger partial charge in [0, 0.05) is 16.8 Å². The van der Waals surface area contributed by atoms with E-state index in [-0.39, 0.29) is 28.8 Å². The van der Waals surface area contributed by atoms with Crippen molar-refractivity contribution in [2.75, 3.05) is 0 Å². The zero-order valence-corrected chi connectivity index (χ0v) is 12.4. The SMILES string of the molecule is CC(=O)C1=C(NC(=O)c2ccc(F)cc2)C[C@H]2[C@@H]1C2(C)C. The van der Waals surface area contributed by atoms with Gasteiger partial charge in [-0.2, -0.15) is 0 Å². The van der Waals surface area contributed by atoms with Gasteiger partial charge in [0.15, 0.2) is 5.78 Å². The average molecular weight is 287 g/mol. The molecule has 0 saturated heterocycles. The van der Waals surface area contributed by atoms with Crippen molar-refractivity contribution in [2.45, 2.75) is 27.2 Å². The van der Waals surface area contributed by atoms with Crippen molar-refractivity contribution < 1.29 is 14.0 Å². The Kier molecular flexibility index (Phi) is 3.01. The van der Waals surface area contributed by atoms with Gasteiger partial charge in [0.2, 0.25) is 0 Å². The molecule has 2 aliphatic rings. The van der Waals surface area contributed by atoms with E-state index in [0.717, 1.165) is 17.7 Å². The van der Waals surface area contributed by atoms with Crippen molar-refractivity contribution in [3.8, 4) is 0 Å². The van der Waals surface area contributed by atoms with E-state index in [1.807, 2.05) is 0 Å². The maximum absolute atomic E-state index is 12.9. The quantitative estimate of drug-likeness (QED) is 0.928. The lowest BCUT2D eigenvalue weighted by molar-refractivity contribution is -0.114. The fourth-order valence-corrected chi connectivity index (χ4v) is 3.58. The van der Waals surface area contributed by atoms with Gasteiger partial charge in [0.1, 0.15) is 5.82 Å². The smallest absolute Gasteiger partial charge is 0.255 e. The molecule has 3 nitrogen and oxygen atoms in total. The highest BCUT2D eigenvalue weighted by Crippen LogP contribution is 2.68. The molecule has 0 aliphatic heterocycles. The summed E-state index contributed by atoms with van der Waals surface area (Å²) in [6.45, 7) is 5.86. The molecule has 1 saturated carbocycles. The van der Waals surface area contributed by atoms with Gasteiger partial charge < -0.3 is 5.32 Å². The van der Waals surface area contributed by atoms with Gasteiger partial charge in [-0.05, 0) is 54.9 Å². The molecule has 4 heteroatoms. The predicted molar refractivity (Wildman–Crippen MR) is 77.0 cm³/mol. The van der Waals surface area contributed by atoms with Crippen LogP contribution in [0.1, 0.15) is 37.6 Å². The third-order valence-electron chi connectivity index (χ3n) is 4.86. The summed E-state index contributed by atoms with van der Waals surface area (Å²) in [5, 5.41) is 2.84. The number of ketones is 1. The van der Waals surface area contributed by atoms with Gasteiger partial charge >= 0.3 is 0 Å². The van der Waals surface area contributed by atoms with Crippen LogP contribution in [0.4, 0.5) is 4.39 Å². The Balaban J connectivity index is 1.82. The zero-order valence-electron chi connectivity index (χ0n) is 12.4. The Hall–Kier alpha value is -1.97. The van der Waals surface area contributed by atoms with E-state index in [1.54, 1.807) is 6.92 Å². The molecular formula is C17H18FNO2. The van der Waals surface area contributed by atoms with Crippen molar-refractivity contribution in [1.82, 2.24) is 5.32 Å². The standard InChI is InChI=1S/C17H18FNO2/c1-9(20)14-13(8-12-15(14)17(12,2)3)19-16(21)10-4-6-11(18)7-5-10/h4-7,12,15H,8H2,1-3H3,(H,19,21)/t12-,15-/m0/s1. The van der Waals surface area contributed by atoms with Gasteiger partial charge in [0.05, 0.1) is 0 Å². The highest BCUT2D eigenvalue weighted by molar-refractivity contribution is 6.00. The Morgan fingerprint density at radius 2 is 1.86 bits per heavy atom. The van der Waals surface area contributed by atoms with Crippen molar-refractivity contribution >= 4 is 11.7 Å². The monoisotopic (exact) mass is 287 g/mol. The maximum Gasteiger partial charge on any atom is 0.255 e. The van der Waals surface area contributed by atoms with Crippen molar-refractivity contribution in [2.24, 2.45) is 17.3 Å². The summed E-state index contributed by atoms with van der Waals surface area (Å²) in [5.41, 5.74) is 2.06. The summed E-state index contributed by atoms with van der Waals surface area (Å²) in [4.78, 5) is 24.1. The number of carbonyl (C=O) groups excluding carboxylic acids is 2. The number of amides is 1. The normalized spacial score (nSPS) is 25.5. The van der Waals surface area contributed by atoms with E-state index in [9.17, 15) is 14.0 Å². The van der Waals surface area contributed by atoms with Crippen LogP contribution in [0.25, 0.3) is 0 Å². The van der Waals surface area contributed by atoms with Gasteiger partial charge in [-0.1, -0.05) is 13.8 Å². The summed E-state index contributed by atoms with van der Waals surface area (Å²) in [6.07, 6.45) is 0.736. The minimum absolute atomic E-state index is 0.0301. The second-order valence-electron chi connectivity index (χ2n) is 6.52. The molecule has 2 atom stereocenters. The number of halogens is 1. The van der Waals surface area contributed by atoms with Crippen LogP contribution in [0.5, 0.6) is 0 Å². The molecule has 0 unspecified atom stereocenters. The zero-order chi connectivity index (χ0) is 15.4. The average Bonchev–Trinajstić information content (AvgIpc) is 2.78. The molecule has 0 radical (unpaired) electrons. The highest BCUT2D eigenvalue weighted by Gasteiger charge is 2.64. The molecule has 0 aromatic heterocycles. The lowest BCUT2D eigenvalue weighted by Crippen LogP contribution is -2.25. The predicted octanol–water partition coefficient (Wildman–Crippen LogP) is 3.07. The molecule has 1 fully saturated rings. The number of benzene rings is 1. The Bertz CT molecular complexity index is 658. The third kappa shape index (κ3) is 2.19. The molecule has 1 amide bonds. The molecule has 1 aromatic rings. The van der Waals surface area contributed by atoms with Gasteiger partial charge in [-0.15, -0.1) is 0 Å². The molecule has 1 aromatic carbocycles. The fourth-order valence-electron chi connectivity index (χ4n) is 3.58. The van der Waals surface area contributed by atoms with E-state index in [2.05, 4.69) is 19.2 Å². The summed E-state index contributed by atoms with van der Waals surface area (Å²) in [7, 11) is 0. The lowest BCUT2D eigenvalue weighted by atomic mass is 9.96. The van der Waals surface area contributed by atoms with E-state index in [4.69, 9.17) is 0 Å². The van der Waals surface area contributed by atoms with Crippen LogP contribution in [0.3, 0.4) is 0 Å². The summed E-state index contributed by atoms with van der Waals surface area (Å²) in [5.74, 6) is 0.0721. The number of allylic oxidation sites excluding steroid dienone is 2. The first-order valence-electron chi connectivity index (χ1n) is 7.13. The van der Waals surface area contributed by atoms with Crippen molar-refractivity contribution in [3.63, 3.8) is 0 Å². The second kappa shape index (κ2) is 4.52. The van der Waals surface area contributed by atoms with E-state index in [1.165, 1.54) is 24.3 Å². The number of rotatable bonds is 3. The summed E-state index contributed by atoms with van der Waals surface area (Å²) in [6, 6.07) is 5.39. The molecule has 1 N–H and O–H groups in total. The van der Waals surface area contributed by atoms with E-state index in [0.29, 0.717) is 11.5 Å². The lowest BCUT2D eigenvalue weighted by Gasteiger charge is -2.15. The molecular weight excluding hydrogens is 269 g/mol. The first-order valence-corrected chi connectivity index (χ1v) is 7.13. The number of nitrogens with one attached hydrogen (secondary N) is 1. The Labute approximate surface area is 123 Å². The minimum atomic E-state index is -0.376. The molecule has 0 bridgehead atoms. The largest absolute Gasteiger partial charge is 0.325 e. The minimum Gasteiger partial charge on any atom is -0.325 e. The number of hydrogen-bond donors (Lipinski definition) is 1. The van der Waals surface area contributed by atoms with Crippen LogP contribution in [0, 0.1) is 23.1 Å². The van der Waals surface area contributed by atoms with Crippen molar-refractivity contribution in [1.29, 1.82) is 0 Å². The second-order valence-corrected chi connectivity index (χ2v) is 6.52. The topological polar surface area (TPSA) is 46.2 Å². The van der Waals surface area contributed by atoms with Crippen molar-refractivity contribution in [3.05, 3.63) is 46.9 Å². The molecule has 0 heterocycles.